The molecule has 1 heterocycles. The van der Waals surface area contributed by atoms with Crippen molar-refractivity contribution in [1.29, 1.82) is 0 Å². The average Bonchev–Trinajstić information content (AvgIpc) is 2.63. The van der Waals surface area contributed by atoms with Crippen molar-refractivity contribution < 1.29 is 9.00 Å². The molecule has 0 aromatic carbocycles. The quantitative estimate of drug-likeness (QED) is 0.840. The summed E-state index contributed by atoms with van der Waals surface area (Å²) in [7, 11) is -0.941. The number of H-pyrrole nitrogens is 1. The van der Waals surface area contributed by atoms with E-state index in [0.29, 0.717) is 11.6 Å². The van der Waals surface area contributed by atoms with Gasteiger partial charge in [0, 0.05) is 34.3 Å². The van der Waals surface area contributed by atoms with Gasteiger partial charge in [-0.05, 0) is 6.92 Å². The van der Waals surface area contributed by atoms with Crippen LogP contribution in [0.25, 0.3) is 0 Å². The monoisotopic (exact) mass is 272 g/mol. The van der Waals surface area contributed by atoms with Crippen molar-refractivity contribution in [3.63, 3.8) is 0 Å². The van der Waals surface area contributed by atoms with Crippen LogP contribution in [0.1, 0.15) is 44.1 Å². The minimum absolute atomic E-state index is 0.119. The molecule has 2 unspecified atom stereocenters. The van der Waals surface area contributed by atoms with Gasteiger partial charge in [0.2, 0.25) is 5.82 Å². The van der Waals surface area contributed by atoms with E-state index in [1.54, 1.807) is 13.2 Å². The fraction of sp³-hybridized carbons (Fsp3) is 0.727. The second-order valence-electron chi connectivity index (χ2n) is 5.37. The number of amides is 1. The Bertz CT molecular complexity index is 450. The smallest absolute Gasteiger partial charge is 0.291 e. The van der Waals surface area contributed by atoms with Crippen molar-refractivity contribution in [1.82, 2.24) is 20.5 Å². The Kier molecular flexibility index (Phi) is 4.61. The first-order valence-electron chi connectivity index (χ1n) is 5.74. The molecule has 2 atom stereocenters. The molecule has 102 valence electrons. The Morgan fingerprint density at radius 2 is 2.11 bits per heavy atom. The lowest BCUT2D eigenvalue weighted by molar-refractivity contribution is 0.0933. The molecule has 7 heteroatoms. The number of aromatic amines is 1. The van der Waals surface area contributed by atoms with E-state index in [2.05, 4.69) is 20.5 Å². The number of rotatable bonds is 4. The van der Waals surface area contributed by atoms with Gasteiger partial charge >= 0.3 is 0 Å². The number of nitrogens with zero attached hydrogens (tertiary/aromatic N) is 2. The summed E-state index contributed by atoms with van der Waals surface area (Å²) < 4.78 is 11.0. The molecule has 0 saturated carbocycles. The van der Waals surface area contributed by atoms with Crippen LogP contribution < -0.4 is 5.32 Å². The number of aromatic nitrogens is 3. The van der Waals surface area contributed by atoms with Gasteiger partial charge in [-0.3, -0.25) is 14.1 Å². The van der Waals surface area contributed by atoms with Gasteiger partial charge in [-0.1, -0.05) is 20.8 Å². The summed E-state index contributed by atoms with van der Waals surface area (Å²) in [6.45, 7) is 7.75. The van der Waals surface area contributed by atoms with E-state index >= 15 is 0 Å². The molecule has 0 aliphatic carbocycles. The molecule has 2 N–H and O–H groups in total. The number of hydrogen-bond acceptors (Lipinski definition) is 4. The summed E-state index contributed by atoms with van der Waals surface area (Å²) in [5.41, 5.74) is -0.179. The van der Waals surface area contributed by atoms with E-state index in [9.17, 15) is 9.00 Å². The van der Waals surface area contributed by atoms with Gasteiger partial charge in [0.15, 0.2) is 0 Å². The van der Waals surface area contributed by atoms with E-state index in [4.69, 9.17) is 0 Å². The molecule has 1 amide bonds. The topological polar surface area (TPSA) is 87.7 Å². The highest BCUT2D eigenvalue weighted by Crippen LogP contribution is 2.17. The zero-order valence-corrected chi connectivity index (χ0v) is 12.2. The predicted molar refractivity (Wildman–Crippen MR) is 70.9 cm³/mol. The molecule has 1 aromatic rings. The van der Waals surface area contributed by atoms with Crippen LogP contribution >= 0.6 is 0 Å². The zero-order chi connectivity index (χ0) is 13.9. The summed E-state index contributed by atoms with van der Waals surface area (Å²) in [5, 5.41) is 9.36. The zero-order valence-electron chi connectivity index (χ0n) is 11.4. The third-order valence-electron chi connectivity index (χ3n) is 2.26. The SMILES string of the molecule is CC(CS(C)=O)NC(=O)c1n[nH]c(C(C)(C)C)n1. The van der Waals surface area contributed by atoms with Crippen molar-refractivity contribution in [3.8, 4) is 0 Å². The van der Waals surface area contributed by atoms with Crippen LogP contribution in [0.4, 0.5) is 0 Å². The van der Waals surface area contributed by atoms with Gasteiger partial charge in [-0.2, -0.15) is 0 Å². The first kappa shape index (κ1) is 14.8. The summed E-state index contributed by atoms with van der Waals surface area (Å²) in [5.74, 6) is 0.857. The van der Waals surface area contributed by atoms with Crippen LogP contribution in [0, 0.1) is 0 Å². The predicted octanol–water partition coefficient (Wildman–Crippen LogP) is 0.599. The van der Waals surface area contributed by atoms with Crippen molar-refractivity contribution >= 4 is 16.7 Å². The van der Waals surface area contributed by atoms with E-state index in [1.165, 1.54) is 0 Å². The molecule has 0 radical (unpaired) electrons. The Balaban J connectivity index is 2.68. The molecule has 0 aliphatic heterocycles. The van der Waals surface area contributed by atoms with Crippen molar-refractivity contribution in [2.45, 2.75) is 39.2 Å². The second-order valence-corrected chi connectivity index (χ2v) is 6.85. The van der Waals surface area contributed by atoms with Gasteiger partial charge in [0.25, 0.3) is 5.91 Å². The molecule has 0 spiro atoms. The van der Waals surface area contributed by atoms with E-state index in [-0.39, 0.29) is 23.2 Å². The van der Waals surface area contributed by atoms with Crippen molar-refractivity contribution in [3.05, 3.63) is 11.6 Å². The fourth-order valence-electron chi connectivity index (χ4n) is 1.38. The lowest BCUT2D eigenvalue weighted by Crippen LogP contribution is -2.36. The third kappa shape index (κ3) is 4.21. The second kappa shape index (κ2) is 5.60. The molecule has 18 heavy (non-hydrogen) atoms. The van der Waals surface area contributed by atoms with Crippen LogP contribution in [-0.2, 0) is 16.2 Å². The molecule has 0 bridgehead atoms. The van der Waals surface area contributed by atoms with Crippen LogP contribution in [0.15, 0.2) is 0 Å². The fourth-order valence-corrected chi connectivity index (χ4v) is 2.17. The summed E-state index contributed by atoms with van der Waals surface area (Å²) >= 11 is 0. The van der Waals surface area contributed by atoms with Crippen LogP contribution in [0.2, 0.25) is 0 Å². The summed E-state index contributed by atoms with van der Waals surface area (Å²) in [6.07, 6.45) is 1.60. The maximum Gasteiger partial charge on any atom is 0.291 e. The van der Waals surface area contributed by atoms with E-state index in [0.717, 1.165) is 0 Å². The Morgan fingerprint density at radius 1 is 1.50 bits per heavy atom. The van der Waals surface area contributed by atoms with Gasteiger partial charge in [0.1, 0.15) is 5.82 Å². The molecular formula is C11H20N4O2S. The number of nitrogens with one attached hydrogen (secondary N) is 2. The highest BCUT2D eigenvalue weighted by atomic mass is 32.2. The van der Waals surface area contributed by atoms with E-state index in [1.807, 2.05) is 20.8 Å². The Labute approximate surface area is 109 Å². The normalized spacial score (nSPS) is 15.2. The molecule has 0 saturated heterocycles. The third-order valence-corrected chi connectivity index (χ3v) is 3.23. The molecule has 0 aliphatic rings. The maximum absolute atomic E-state index is 11.8. The van der Waals surface area contributed by atoms with Crippen molar-refractivity contribution in [2.75, 3.05) is 12.0 Å². The van der Waals surface area contributed by atoms with Crippen molar-refractivity contribution in [2.24, 2.45) is 0 Å². The molecule has 0 fully saturated rings. The Morgan fingerprint density at radius 3 is 2.56 bits per heavy atom. The number of carbonyl (C=O) groups excluding carboxylic acids is 1. The first-order valence-corrected chi connectivity index (χ1v) is 7.46. The highest BCUT2D eigenvalue weighted by Gasteiger charge is 2.22. The van der Waals surface area contributed by atoms with Crippen LogP contribution in [0.5, 0.6) is 0 Å². The molecule has 1 aromatic heterocycles. The Hall–Kier alpha value is -1.24. The lowest BCUT2D eigenvalue weighted by Gasteiger charge is -2.13. The van der Waals surface area contributed by atoms with Gasteiger partial charge in [0.05, 0.1) is 0 Å². The van der Waals surface area contributed by atoms with Gasteiger partial charge in [-0.25, -0.2) is 4.98 Å². The number of carbonyl (C=O) groups is 1. The molecule has 1 rings (SSSR count). The van der Waals surface area contributed by atoms with Crippen LogP contribution in [-0.4, -0.2) is 43.3 Å². The minimum atomic E-state index is -0.941. The van der Waals surface area contributed by atoms with Gasteiger partial charge in [-0.15, -0.1) is 5.10 Å². The summed E-state index contributed by atoms with van der Waals surface area (Å²) in [6, 6.07) is -0.167. The average molecular weight is 272 g/mol. The summed E-state index contributed by atoms with van der Waals surface area (Å²) in [4.78, 5) is 16.0. The highest BCUT2D eigenvalue weighted by molar-refractivity contribution is 7.84. The largest absolute Gasteiger partial charge is 0.346 e. The minimum Gasteiger partial charge on any atom is -0.346 e. The number of hydrogen-bond donors (Lipinski definition) is 2. The lowest BCUT2D eigenvalue weighted by atomic mass is 9.96. The van der Waals surface area contributed by atoms with Crippen LogP contribution in [0.3, 0.4) is 0 Å². The first-order chi connectivity index (χ1) is 8.20. The molecule has 6 nitrogen and oxygen atoms in total. The maximum atomic E-state index is 11.8. The molecular weight excluding hydrogens is 252 g/mol. The van der Waals surface area contributed by atoms with E-state index < -0.39 is 10.8 Å². The standard InChI is InChI=1S/C11H20N4O2S/c1-7(6-18(5)17)12-9(16)8-13-10(15-14-8)11(2,3)4/h7H,6H2,1-5H3,(H,12,16)(H,13,14,15). The van der Waals surface area contributed by atoms with Gasteiger partial charge < -0.3 is 5.32 Å².